The van der Waals surface area contributed by atoms with E-state index in [-0.39, 0.29) is 11.2 Å². The Hall–Kier alpha value is -1.72. The van der Waals surface area contributed by atoms with Gasteiger partial charge in [0.05, 0.1) is 6.33 Å². The number of nitrogens with zero attached hydrogens (tertiary/aromatic N) is 2. The Balaban J connectivity index is 1.69. The van der Waals surface area contributed by atoms with Gasteiger partial charge in [-0.1, -0.05) is 12.1 Å². The molecule has 0 spiro atoms. The van der Waals surface area contributed by atoms with E-state index in [0.717, 1.165) is 44.7 Å². The van der Waals surface area contributed by atoms with Crippen LogP contribution in [0, 0.1) is 5.82 Å². The second-order valence-electron chi connectivity index (χ2n) is 6.44. The number of nitrogens with one attached hydrogen (secondary N) is 1. The summed E-state index contributed by atoms with van der Waals surface area (Å²) in [6.45, 7) is 5.33. The van der Waals surface area contributed by atoms with Gasteiger partial charge >= 0.3 is 0 Å². The van der Waals surface area contributed by atoms with Crippen molar-refractivity contribution < 1.29 is 9.13 Å². The number of hydrogen-bond donors (Lipinski definition) is 1. The lowest BCUT2D eigenvalue weighted by Gasteiger charge is -2.39. The van der Waals surface area contributed by atoms with Gasteiger partial charge in [-0.15, -0.1) is 0 Å². The summed E-state index contributed by atoms with van der Waals surface area (Å²) in [4.78, 5) is 4.07. The predicted octanol–water partition coefficient (Wildman–Crippen LogP) is 2.75. The first-order valence-corrected chi connectivity index (χ1v) is 8.21. The lowest BCUT2D eigenvalue weighted by molar-refractivity contribution is 0.0487. The number of aromatic nitrogens is 2. The van der Waals surface area contributed by atoms with Crippen LogP contribution in [-0.4, -0.2) is 35.4 Å². The first kappa shape index (κ1) is 16.1. The van der Waals surface area contributed by atoms with Crippen molar-refractivity contribution in [1.29, 1.82) is 0 Å². The van der Waals surface area contributed by atoms with Gasteiger partial charge in [0.1, 0.15) is 5.82 Å². The normalized spacial score (nSPS) is 18.7. The van der Waals surface area contributed by atoms with Crippen LogP contribution in [0.15, 0.2) is 43.0 Å². The largest absolute Gasteiger partial charge is 0.381 e. The van der Waals surface area contributed by atoms with Crippen LogP contribution in [0.25, 0.3) is 0 Å². The first-order chi connectivity index (χ1) is 11.2. The average molecular weight is 317 g/mol. The molecule has 1 aliphatic rings. The summed E-state index contributed by atoms with van der Waals surface area (Å²) in [5.41, 5.74) is 1.02. The molecule has 0 bridgehead atoms. The van der Waals surface area contributed by atoms with Crippen molar-refractivity contribution in [1.82, 2.24) is 14.9 Å². The summed E-state index contributed by atoms with van der Waals surface area (Å²) in [6, 6.07) is 7.34. The van der Waals surface area contributed by atoms with Crippen LogP contribution in [0.4, 0.5) is 4.39 Å². The zero-order valence-corrected chi connectivity index (χ0v) is 13.5. The molecule has 3 rings (SSSR count). The van der Waals surface area contributed by atoms with E-state index in [1.54, 1.807) is 18.3 Å². The fraction of sp³-hybridized carbons (Fsp3) is 0.500. The van der Waals surface area contributed by atoms with Gasteiger partial charge in [0.25, 0.3) is 0 Å². The first-order valence-electron chi connectivity index (χ1n) is 8.21. The molecule has 0 saturated carbocycles. The topological polar surface area (TPSA) is 39.1 Å². The molecule has 1 aromatic carbocycles. The van der Waals surface area contributed by atoms with Crippen molar-refractivity contribution in [3.05, 3.63) is 54.4 Å². The van der Waals surface area contributed by atoms with Gasteiger partial charge in [0.15, 0.2) is 0 Å². The average Bonchev–Trinajstić information content (AvgIpc) is 3.07. The molecule has 1 saturated heterocycles. The van der Waals surface area contributed by atoms with Crippen molar-refractivity contribution in [2.75, 3.05) is 19.8 Å². The predicted molar refractivity (Wildman–Crippen MR) is 87.8 cm³/mol. The third kappa shape index (κ3) is 3.98. The zero-order valence-electron chi connectivity index (χ0n) is 13.5. The second kappa shape index (κ2) is 7.23. The standard InChI is InChI=1S/C18H24FN3O/c1-15(12-22-8-7-20-14-22)21-13-18(5-9-23-10-6-18)16-3-2-4-17(19)11-16/h2-4,7-8,11,14-15,21H,5-6,9-10,12-13H2,1H3/t15-/m1/s1. The van der Waals surface area contributed by atoms with E-state index < -0.39 is 0 Å². The number of imidazole rings is 1. The van der Waals surface area contributed by atoms with Gasteiger partial charge in [-0.3, -0.25) is 0 Å². The highest BCUT2D eigenvalue weighted by Crippen LogP contribution is 2.34. The van der Waals surface area contributed by atoms with Gasteiger partial charge in [0.2, 0.25) is 0 Å². The third-order valence-corrected chi connectivity index (χ3v) is 4.72. The minimum atomic E-state index is -0.167. The van der Waals surface area contributed by atoms with Crippen molar-refractivity contribution in [2.45, 2.75) is 37.8 Å². The fourth-order valence-electron chi connectivity index (χ4n) is 3.29. The number of ether oxygens (including phenoxy) is 1. The summed E-state index contributed by atoms with van der Waals surface area (Å²) in [5.74, 6) is -0.167. The fourth-order valence-corrected chi connectivity index (χ4v) is 3.29. The quantitative estimate of drug-likeness (QED) is 0.890. The van der Waals surface area contributed by atoms with Crippen molar-refractivity contribution in [2.24, 2.45) is 0 Å². The third-order valence-electron chi connectivity index (χ3n) is 4.72. The van der Waals surface area contributed by atoms with Crippen LogP contribution in [-0.2, 0) is 16.7 Å². The van der Waals surface area contributed by atoms with Gasteiger partial charge in [-0.05, 0) is 37.5 Å². The number of halogens is 1. The lowest BCUT2D eigenvalue weighted by Crippen LogP contribution is -2.46. The summed E-state index contributed by atoms with van der Waals surface area (Å²) in [6.07, 6.45) is 7.42. The van der Waals surface area contributed by atoms with Crippen LogP contribution in [0.5, 0.6) is 0 Å². The molecule has 0 aliphatic carbocycles. The number of rotatable bonds is 6. The maximum Gasteiger partial charge on any atom is 0.123 e. The maximum absolute atomic E-state index is 13.7. The van der Waals surface area contributed by atoms with E-state index in [0.29, 0.717) is 6.04 Å². The Bertz CT molecular complexity index is 608. The SMILES string of the molecule is C[C@H](Cn1ccnc1)NCC1(c2cccc(F)c2)CCOCC1. The molecule has 0 amide bonds. The second-order valence-corrected chi connectivity index (χ2v) is 6.44. The highest BCUT2D eigenvalue weighted by atomic mass is 19.1. The molecule has 2 aromatic rings. The molecule has 2 heterocycles. The molecule has 1 aliphatic heterocycles. The van der Waals surface area contributed by atoms with Crippen LogP contribution < -0.4 is 5.32 Å². The smallest absolute Gasteiger partial charge is 0.123 e. The van der Waals surface area contributed by atoms with E-state index in [1.165, 1.54) is 6.07 Å². The van der Waals surface area contributed by atoms with Crippen molar-refractivity contribution >= 4 is 0 Å². The zero-order chi connectivity index (χ0) is 16.1. The Morgan fingerprint density at radius 3 is 2.91 bits per heavy atom. The molecule has 5 heteroatoms. The molecule has 23 heavy (non-hydrogen) atoms. The van der Waals surface area contributed by atoms with Crippen LogP contribution >= 0.6 is 0 Å². The van der Waals surface area contributed by atoms with Crippen molar-refractivity contribution in [3.63, 3.8) is 0 Å². The number of benzene rings is 1. The van der Waals surface area contributed by atoms with Crippen molar-refractivity contribution in [3.8, 4) is 0 Å². The van der Waals surface area contributed by atoms with E-state index in [4.69, 9.17) is 4.74 Å². The van der Waals surface area contributed by atoms with Gasteiger partial charge in [-0.2, -0.15) is 0 Å². The Morgan fingerprint density at radius 2 is 2.22 bits per heavy atom. The Morgan fingerprint density at radius 1 is 1.39 bits per heavy atom. The molecule has 0 unspecified atom stereocenters. The lowest BCUT2D eigenvalue weighted by atomic mass is 9.74. The maximum atomic E-state index is 13.7. The van der Waals surface area contributed by atoms with Gasteiger partial charge < -0.3 is 14.6 Å². The molecule has 0 radical (unpaired) electrons. The van der Waals surface area contributed by atoms with Gasteiger partial charge in [0, 0.05) is 50.2 Å². The monoisotopic (exact) mass is 317 g/mol. The van der Waals surface area contributed by atoms with Crippen LogP contribution in [0.2, 0.25) is 0 Å². The van der Waals surface area contributed by atoms with E-state index >= 15 is 0 Å². The van der Waals surface area contributed by atoms with E-state index in [9.17, 15) is 4.39 Å². The highest BCUT2D eigenvalue weighted by Gasteiger charge is 2.34. The molecule has 1 N–H and O–H groups in total. The highest BCUT2D eigenvalue weighted by molar-refractivity contribution is 5.27. The molecular formula is C18H24FN3O. The molecule has 4 nitrogen and oxygen atoms in total. The summed E-state index contributed by atoms with van der Waals surface area (Å²) >= 11 is 0. The van der Waals surface area contributed by atoms with Crippen LogP contribution in [0.1, 0.15) is 25.3 Å². The minimum Gasteiger partial charge on any atom is -0.381 e. The Labute approximate surface area is 136 Å². The Kier molecular flexibility index (Phi) is 5.08. The molecular weight excluding hydrogens is 293 g/mol. The molecule has 1 atom stereocenters. The summed E-state index contributed by atoms with van der Waals surface area (Å²) in [7, 11) is 0. The molecule has 1 aromatic heterocycles. The minimum absolute atomic E-state index is 0.0520. The molecule has 1 fully saturated rings. The molecule has 124 valence electrons. The van der Waals surface area contributed by atoms with Crippen LogP contribution in [0.3, 0.4) is 0 Å². The van der Waals surface area contributed by atoms with E-state index in [2.05, 4.69) is 21.8 Å². The summed E-state index contributed by atoms with van der Waals surface area (Å²) in [5, 5.41) is 3.62. The van der Waals surface area contributed by atoms with E-state index in [1.807, 2.05) is 18.6 Å². The van der Waals surface area contributed by atoms with Gasteiger partial charge in [-0.25, -0.2) is 9.37 Å². The number of hydrogen-bond acceptors (Lipinski definition) is 3. The summed E-state index contributed by atoms with van der Waals surface area (Å²) < 4.78 is 21.3.